The van der Waals surface area contributed by atoms with Crippen LogP contribution < -0.4 is 5.56 Å². The van der Waals surface area contributed by atoms with E-state index in [9.17, 15) is 14.0 Å². The van der Waals surface area contributed by atoms with Gasteiger partial charge in [-0.25, -0.2) is 14.2 Å². The number of thiophene rings is 1. The van der Waals surface area contributed by atoms with Crippen molar-refractivity contribution in [2.24, 2.45) is 0 Å². The summed E-state index contributed by atoms with van der Waals surface area (Å²) in [5, 5.41) is 11.2. The third-order valence-electron chi connectivity index (χ3n) is 3.45. The molecule has 3 aromatic rings. The van der Waals surface area contributed by atoms with E-state index in [1.165, 1.54) is 36.7 Å². The number of fused-ring (bicyclic) bond motifs is 1. The molecule has 0 saturated carbocycles. The molecule has 112 valence electrons. The maximum atomic E-state index is 13.0. The van der Waals surface area contributed by atoms with Gasteiger partial charge < -0.3 is 5.11 Å². The Kier molecular flexibility index (Phi) is 3.50. The molecule has 0 bridgehead atoms. The van der Waals surface area contributed by atoms with E-state index in [1.54, 1.807) is 17.5 Å². The number of rotatable bonds is 3. The van der Waals surface area contributed by atoms with Crippen LogP contribution in [0.2, 0.25) is 0 Å². The zero-order valence-electron chi connectivity index (χ0n) is 11.5. The summed E-state index contributed by atoms with van der Waals surface area (Å²) in [4.78, 5) is 28.4. The van der Waals surface area contributed by atoms with Gasteiger partial charge in [-0.05, 0) is 24.6 Å². The van der Waals surface area contributed by atoms with Gasteiger partial charge in [0.25, 0.3) is 5.56 Å². The van der Waals surface area contributed by atoms with Crippen molar-refractivity contribution < 1.29 is 14.3 Å². The van der Waals surface area contributed by atoms with Crippen LogP contribution in [-0.4, -0.2) is 20.6 Å². The molecule has 5 nitrogen and oxygen atoms in total. The zero-order valence-corrected chi connectivity index (χ0v) is 12.3. The Morgan fingerprint density at radius 3 is 2.68 bits per heavy atom. The number of hydrogen-bond acceptors (Lipinski definition) is 4. The predicted octanol–water partition coefficient (Wildman–Crippen LogP) is 2.91. The van der Waals surface area contributed by atoms with Crippen LogP contribution in [0.25, 0.3) is 21.3 Å². The van der Waals surface area contributed by atoms with Crippen LogP contribution in [0.1, 0.15) is 13.0 Å². The van der Waals surface area contributed by atoms with Crippen LogP contribution in [0.4, 0.5) is 4.39 Å². The molecule has 0 unspecified atom stereocenters. The number of aliphatic carboxylic acids is 1. The highest BCUT2D eigenvalue weighted by molar-refractivity contribution is 7.17. The lowest BCUT2D eigenvalue weighted by atomic mass is 10.1. The normalized spacial score (nSPS) is 12.5. The first kappa shape index (κ1) is 14.4. The van der Waals surface area contributed by atoms with Gasteiger partial charge in [-0.3, -0.25) is 9.36 Å². The molecular weight excluding hydrogens is 307 g/mol. The fraction of sp³-hybridized carbons (Fsp3) is 0.133. The molecule has 0 aliphatic heterocycles. The van der Waals surface area contributed by atoms with Gasteiger partial charge in [-0.2, -0.15) is 0 Å². The highest BCUT2D eigenvalue weighted by Crippen LogP contribution is 2.30. The van der Waals surface area contributed by atoms with E-state index in [4.69, 9.17) is 5.11 Å². The maximum absolute atomic E-state index is 13.0. The second-order valence-corrected chi connectivity index (χ2v) is 5.67. The molecule has 1 aromatic carbocycles. The van der Waals surface area contributed by atoms with Gasteiger partial charge in [-0.15, -0.1) is 11.3 Å². The van der Waals surface area contributed by atoms with Crippen molar-refractivity contribution in [1.82, 2.24) is 9.55 Å². The number of hydrogen-bond donors (Lipinski definition) is 1. The van der Waals surface area contributed by atoms with Gasteiger partial charge in [0.15, 0.2) is 0 Å². The molecule has 3 rings (SSSR count). The Morgan fingerprint density at radius 2 is 2.05 bits per heavy atom. The van der Waals surface area contributed by atoms with Crippen molar-refractivity contribution >= 4 is 27.5 Å². The summed E-state index contributed by atoms with van der Waals surface area (Å²) in [6.45, 7) is 1.42. The summed E-state index contributed by atoms with van der Waals surface area (Å²) in [5.41, 5.74) is 0.900. The first-order valence-corrected chi connectivity index (χ1v) is 7.34. The van der Waals surface area contributed by atoms with E-state index in [1.807, 2.05) is 0 Å². The van der Waals surface area contributed by atoms with Crippen LogP contribution >= 0.6 is 11.3 Å². The number of carboxylic acid groups (broad SMARTS) is 1. The van der Waals surface area contributed by atoms with Gasteiger partial charge in [0, 0.05) is 10.9 Å². The molecule has 0 amide bonds. The molecule has 0 radical (unpaired) electrons. The second kappa shape index (κ2) is 5.34. The van der Waals surface area contributed by atoms with Crippen LogP contribution in [0, 0.1) is 5.82 Å². The summed E-state index contributed by atoms with van der Waals surface area (Å²) in [6, 6.07) is 4.77. The minimum Gasteiger partial charge on any atom is -0.480 e. The molecule has 22 heavy (non-hydrogen) atoms. The number of halogens is 1. The highest BCUT2D eigenvalue weighted by atomic mass is 32.1. The Bertz CT molecular complexity index is 915. The quantitative estimate of drug-likeness (QED) is 0.806. The molecule has 2 heterocycles. The number of nitrogens with zero attached hydrogens (tertiary/aromatic N) is 2. The third kappa shape index (κ3) is 2.29. The molecule has 1 N–H and O–H groups in total. The monoisotopic (exact) mass is 318 g/mol. The second-order valence-electron chi connectivity index (χ2n) is 4.81. The van der Waals surface area contributed by atoms with Crippen molar-refractivity contribution in [3.8, 4) is 11.1 Å². The molecule has 0 spiro atoms. The first-order chi connectivity index (χ1) is 10.5. The number of aromatic nitrogens is 2. The molecular formula is C15H11FN2O3S. The van der Waals surface area contributed by atoms with Crippen molar-refractivity contribution in [2.45, 2.75) is 13.0 Å². The average molecular weight is 318 g/mol. The van der Waals surface area contributed by atoms with Gasteiger partial charge in [0.2, 0.25) is 0 Å². The Morgan fingerprint density at radius 1 is 1.36 bits per heavy atom. The first-order valence-electron chi connectivity index (χ1n) is 6.46. The minimum atomic E-state index is -1.11. The molecule has 0 saturated heterocycles. The minimum absolute atomic E-state index is 0.354. The molecule has 0 aliphatic rings. The number of carboxylic acids is 1. The summed E-state index contributed by atoms with van der Waals surface area (Å²) in [7, 11) is 0. The van der Waals surface area contributed by atoms with Crippen molar-refractivity contribution in [3.63, 3.8) is 0 Å². The largest absolute Gasteiger partial charge is 0.480 e. The Labute approximate surface area is 128 Å². The lowest BCUT2D eigenvalue weighted by Crippen LogP contribution is -2.28. The van der Waals surface area contributed by atoms with Crippen molar-refractivity contribution in [2.75, 3.05) is 0 Å². The van der Waals surface area contributed by atoms with Crippen molar-refractivity contribution in [1.29, 1.82) is 0 Å². The molecule has 0 fully saturated rings. The molecule has 2 aromatic heterocycles. The standard InChI is InChI=1S/C15H11FN2O3S/c1-8(15(20)21)18-7-17-13-12(14(18)19)11(6-22-13)9-2-4-10(16)5-3-9/h2-8H,1H3,(H,20,21)/t8-/m0/s1. The van der Waals surface area contributed by atoms with Gasteiger partial charge in [0.05, 0.1) is 11.7 Å². The van der Waals surface area contributed by atoms with E-state index in [0.29, 0.717) is 21.3 Å². The molecule has 0 aliphatic carbocycles. The summed E-state index contributed by atoms with van der Waals surface area (Å²) in [5.74, 6) is -1.47. The predicted molar refractivity (Wildman–Crippen MR) is 81.6 cm³/mol. The van der Waals surface area contributed by atoms with Gasteiger partial charge in [-0.1, -0.05) is 12.1 Å². The Hall–Kier alpha value is -2.54. The van der Waals surface area contributed by atoms with E-state index < -0.39 is 17.6 Å². The van der Waals surface area contributed by atoms with Gasteiger partial charge >= 0.3 is 5.97 Å². The van der Waals surface area contributed by atoms with Gasteiger partial charge in [0.1, 0.15) is 16.7 Å². The van der Waals surface area contributed by atoms with Crippen LogP contribution in [0.5, 0.6) is 0 Å². The fourth-order valence-corrected chi connectivity index (χ4v) is 3.09. The topological polar surface area (TPSA) is 72.2 Å². The number of carbonyl (C=O) groups is 1. The summed E-state index contributed by atoms with van der Waals surface area (Å²) < 4.78 is 14.1. The average Bonchev–Trinajstić information content (AvgIpc) is 2.92. The van der Waals surface area contributed by atoms with Crippen molar-refractivity contribution in [3.05, 3.63) is 52.1 Å². The Balaban J connectivity index is 2.25. The van der Waals surface area contributed by atoms with E-state index in [-0.39, 0.29) is 5.82 Å². The van der Waals surface area contributed by atoms with Crippen LogP contribution in [0.15, 0.2) is 40.8 Å². The zero-order chi connectivity index (χ0) is 15.9. The van der Waals surface area contributed by atoms with Crippen LogP contribution in [-0.2, 0) is 4.79 Å². The van der Waals surface area contributed by atoms with Crippen LogP contribution in [0.3, 0.4) is 0 Å². The highest BCUT2D eigenvalue weighted by Gasteiger charge is 2.19. The lowest BCUT2D eigenvalue weighted by Gasteiger charge is -2.10. The summed E-state index contributed by atoms with van der Waals surface area (Å²) in [6.07, 6.45) is 1.24. The van der Waals surface area contributed by atoms with E-state index in [2.05, 4.69) is 4.98 Å². The third-order valence-corrected chi connectivity index (χ3v) is 4.34. The maximum Gasteiger partial charge on any atom is 0.326 e. The van der Waals surface area contributed by atoms with E-state index in [0.717, 1.165) is 4.57 Å². The SMILES string of the molecule is C[C@@H](C(=O)O)n1cnc2scc(-c3ccc(F)cc3)c2c1=O. The fourth-order valence-electron chi connectivity index (χ4n) is 2.18. The smallest absolute Gasteiger partial charge is 0.326 e. The molecule has 7 heteroatoms. The summed E-state index contributed by atoms with van der Waals surface area (Å²) >= 11 is 1.29. The van der Waals surface area contributed by atoms with E-state index >= 15 is 0 Å². The lowest BCUT2D eigenvalue weighted by molar-refractivity contribution is -0.140. The number of benzene rings is 1. The molecule has 1 atom stereocenters.